The molecule has 3 heterocycles. The SMILES string of the molecule is C[C@@]1(O)CCN(CC2(Oc3ccc(-c4cnc5c(-c6cccc([S+](C)(=O)O)c6)cnn5c4)cc3)CC2)C1. The number of aromatic nitrogens is 3. The zero-order chi connectivity index (χ0) is 25.8. The summed E-state index contributed by atoms with van der Waals surface area (Å²) in [6, 6.07) is 15.1. The average molecular weight is 520 g/mol. The van der Waals surface area contributed by atoms with Crippen molar-refractivity contribution in [1.29, 1.82) is 0 Å². The molecular weight excluding hydrogens is 488 g/mol. The van der Waals surface area contributed by atoms with Crippen molar-refractivity contribution in [2.75, 3.05) is 25.9 Å². The fourth-order valence-corrected chi connectivity index (χ4v) is 5.78. The van der Waals surface area contributed by atoms with Crippen molar-refractivity contribution in [1.82, 2.24) is 19.5 Å². The first-order chi connectivity index (χ1) is 17.6. The van der Waals surface area contributed by atoms with E-state index in [4.69, 9.17) is 4.74 Å². The van der Waals surface area contributed by atoms with E-state index in [1.165, 1.54) is 6.26 Å². The molecule has 1 aliphatic heterocycles. The highest BCUT2D eigenvalue weighted by Gasteiger charge is 2.48. The van der Waals surface area contributed by atoms with Crippen molar-refractivity contribution in [3.8, 4) is 28.0 Å². The van der Waals surface area contributed by atoms with Crippen molar-refractivity contribution < 1.29 is 18.6 Å². The van der Waals surface area contributed by atoms with Crippen LogP contribution in [0.1, 0.15) is 26.2 Å². The number of β-amino-alcohol motifs (C(OH)–C–C–N with tert-alkyl or cyclic N) is 1. The Morgan fingerprint density at radius 1 is 1.05 bits per heavy atom. The molecule has 2 N–H and O–H groups in total. The summed E-state index contributed by atoms with van der Waals surface area (Å²) in [5.74, 6) is 0.846. The smallest absolute Gasteiger partial charge is 0.244 e. The third kappa shape index (κ3) is 5.04. The van der Waals surface area contributed by atoms with Gasteiger partial charge in [0.25, 0.3) is 0 Å². The molecule has 1 saturated carbocycles. The minimum Gasteiger partial charge on any atom is -0.486 e. The van der Waals surface area contributed by atoms with Gasteiger partial charge in [0, 0.05) is 49.2 Å². The molecule has 192 valence electrons. The van der Waals surface area contributed by atoms with Crippen LogP contribution in [0, 0.1) is 0 Å². The van der Waals surface area contributed by atoms with Gasteiger partial charge in [-0.2, -0.15) is 9.65 Å². The predicted molar refractivity (Wildman–Crippen MR) is 143 cm³/mol. The summed E-state index contributed by atoms with van der Waals surface area (Å²) >= 11 is 0. The van der Waals surface area contributed by atoms with Crippen LogP contribution < -0.4 is 4.74 Å². The Kier molecular flexibility index (Phi) is 5.72. The van der Waals surface area contributed by atoms with Gasteiger partial charge >= 0.3 is 0 Å². The molecule has 2 aromatic carbocycles. The van der Waals surface area contributed by atoms with Gasteiger partial charge in [-0.15, -0.1) is 0 Å². The lowest BCUT2D eigenvalue weighted by Crippen LogP contribution is -2.38. The molecule has 2 aromatic heterocycles. The largest absolute Gasteiger partial charge is 0.486 e. The molecule has 1 saturated heterocycles. The van der Waals surface area contributed by atoms with Crippen LogP contribution in [0.4, 0.5) is 0 Å². The predicted octanol–water partition coefficient (Wildman–Crippen LogP) is 4.39. The van der Waals surface area contributed by atoms with Gasteiger partial charge in [-0.3, -0.25) is 4.90 Å². The Hall–Kier alpha value is -3.11. The molecule has 4 aromatic rings. The molecule has 0 bridgehead atoms. The molecule has 0 radical (unpaired) electrons. The Morgan fingerprint density at radius 2 is 1.84 bits per heavy atom. The lowest BCUT2D eigenvalue weighted by Gasteiger charge is -2.25. The summed E-state index contributed by atoms with van der Waals surface area (Å²) in [5, 5.41) is 14.7. The molecule has 0 spiro atoms. The van der Waals surface area contributed by atoms with E-state index in [1.807, 2.05) is 49.6 Å². The summed E-state index contributed by atoms with van der Waals surface area (Å²) in [7, 11) is -3.05. The number of aliphatic hydroxyl groups is 1. The molecular formula is C28H31N4O4S+. The van der Waals surface area contributed by atoms with Crippen molar-refractivity contribution in [3.05, 3.63) is 67.1 Å². The number of fused-ring (bicyclic) bond motifs is 1. The maximum atomic E-state index is 12.1. The number of likely N-dealkylation sites (tertiary alicyclic amines) is 1. The summed E-state index contributed by atoms with van der Waals surface area (Å²) in [6.07, 6.45) is 9.67. The quantitative estimate of drug-likeness (QED) is 0.349. The van der Waals surface area contributed by atoms with E-state index >= 15 is 0 Å². The fourth-order valence-electron chi connectivity index (χ4n) is 5.11. The van der Waals surface area contributed by atoms with Crippen LogP contribution in [0.15, 0.2) is 72.0 Å². The van der Waals surface area contributed by atoms with Crippen LogP contribution in [0.5, 0.6) is 5.75 Å². The average Bonchev–Trinajstić information content (AvgIpc) is 3.32. The van der Waals surface area contributed by atoms with Gasteiger partial charge in [-0.1, -0.05) is 28.5 Å². The lowest BCUT2D eigenvalue weighted by molar-refractivity contribution is 0.0580. The monoisotopic (exact) mass is 519 g/mol. The Morgan fingerprint density at radius 3 is 2.51 bits per heavy atom. The van der Waals surface area contributed by atoms with Gasteiger partial charge in [0.1, 0.15) is 17.6 Å². The minimum atomic E-state index is -3.05. The van der Waals surface area contributed by atoms with Crippen LogP contribution >= 0.6 is 0 Å². The number of hydrogen-bond acceptors (Lipinski definition) is 6. The fraction of sp³-hybridized carbons (Fsp3) is 0.357. The summed E-state index contributed by atoms with van der Waals surface area (Å²) < 4.78 is 30.1. The van der Waals surface area contributed by atoms with Gasteiger partial charge in [-0.05, 0) is 55.5 Å². The molecule has 6 rings (SSSR count). The van der Waals surface area contributed by atoms with E-state index in [9.17, 15) is 13.9 Å². The van der Waals surface area contributed by atoms with Crippen molar-refractivity contribution in [2.45, 2.75) is 42.3 Å². The third-order valence-electron chi connectivity index (χ3n) is 7.31. The Labute approximate surface area is 217 Å². The molecule has 2 aliphatic rings. The third-order valence-corrected chi connectivity index (χ3v) is 8.44. The molecule has 2 atom stereocenters. The van der Waals surface area contributed by atoms with E-state index in [-0.39, 0.29) is 5.60 Å². The lowest BCUT2D eigenvalue weighted by atomic mass is 10.1. The number of rotatable bonds is 7. The summed E-state index contributed by atoms with van der Waals surface area (Å²) in [5.41, 5.74) is 3.47. The zero-order valence-electron chi connectivity index (χ0n) is 21.0. The first kappa shape index (κ1) is 24.2. The van der Waals surface area contributed by atoms with Gasteiger partial charge in [0.15, 0.2) is 10.5 Å². The highest BCUT2D eigenvalue weighted by molar-refractivity contribution is 7.97. The second kappa shape index (κ2) is 8.73. The molecule has 9 heteroatoms. The Balaban J connectivity index is 1.18. The van der Waals surface area contributed by atoms with Gasteiger partial charge in [0.2, 0.25) is 10.2 Å². The summed E-state index contributed by atoms with van der Waals surface area (Å²) in [6.45, 7) is 4.37. The van der Waals surface area contributed by atoms with Crippen LogP contribution in [-0.2, 0) is 14.4 Å². The van der Waals surface area contributed by atoms with E-state index in [0.717, 1.165) is 60.4 Å². The van der Waals surface area contributed by atoms with Crippen LogP contribution in [-0.4, -0.2) is 66.2 Å². The minimum absolute atomic E-state index is 0.147. The van der Waals surface area contributed by atoms with Gasteiger partial charge in [-0.25, -0.2) is 9.50 Å². The van der Waals surface area contributed by atoms with Crippen LogP contribution in [0.3, 0.4) is 0 Å². The number of nitrogens with zero attached hydrogens (tertiary/aromatic N) is 4. The number of hydrogen-bond donors (Lipinski definition) is 2. The molecule has 2 fully saturated rings. The highest BCUT2D eigenvalue weighted by Crippen LogP contribution is 2.42. The van der Waals surface area contributed by atoms with Crippen molar-refractivity contribution in [2.24, 2.45) is 0 Å². The van der Waals surface area contributed by atoms with Crippen molar-refractivity contribution >= 4 is 15.9 Å². The van der Waals surface area contributed by atoms with E-state index in [2.05, 4.69) is 15.0 Å². The Bertz CT molecular complexity index is 1500. The first-order valence-corrected chi connectivity index (χ1v) is 14.4. The maximum absolute atomic E-state index is 12.1. The number of benzene rings is 2. The zero-order valence-corrected chi connectivity index (χ0v) is 21.8. The van der Waals surface area contributed by atoms with Crippen molar-refractivity contribution in [3.63, 3.8) is 0 Å². The van der Waals surface area contributed by atoms with E-state index < -0.39 is 15.8 Å². The summed E-state index contributed by atoms with van der Waals surface area (Å²) in [4.78, 5) is 7.34. The normalized spacial score (nSPS) is 22.7. The second-order valence-corrected chi connectivity index (χ2v) is 12.8. The molecule has 37 heavy (non-hydrogen) atoms. The highest BCUT2D eigenvalue weighted by atomic mass is 32.3. The van der Waals surface area contributed by atoms with Gasteiger partial charge in [0.05, 0.1) is 11.8 Å². The first-order valence-electron chi connectivity index (χ1n) is 12.5. The molecule has 8 nitrogen and oxygen atoms in total. The topological polar surface area (TPSA) is 100 Å². The van der Waals surface area contributed by atoms with Crippen LogP contribution in [0.2, 0.25) is 0 Å². The van der Waals surface area contributed by atoms with E-state index in [1.54, 1.807) is 28.9 Å². The standard InChI is InChI=1S/C28H30N4O4S/c1-27(33)12-13-31(18-27)19-28(10-11-28)36-23-8-6-20(7-9-23)22-15-29-26-25(16-30-32(26)17-22)21-4-3-5-24(14-21)37(2,34)35/h3-9,14-17,33H,10-13,18-19H2,1-2H3/p+1/t27-/m1/s1. The number of ether oxygens (including phenoxy) is 1. The maximum Gasteiger partial charge on any atom is 0.244 e. The molecule has 1 aliphatic carbocycles. The van der Waals surface area contributed by atoms with Crippen LogP contribution in [0.25, 0.3) is 27.9 Å². The molecule has 1 unspecified atom stereocenters. The van der Waals surface area contributed by atoms with Gasteiger partial charge < -0.3 is 9.84 Å². The molecule has 0 amide bonds. The van der Waals surface area contributed by atoms with E-state index in [0.29, 0.717) is 17.1 Å². The second-order valence-electron chi connectivity index (χ2n) is 10.8.